The molecule has 0 heterocycles. The van der Waals surface area contributed by atoms with Crippen LogP contribution in [0.2, 0.25) is 0 Å². The van der Waals surface area contributed by atoms with Gasteiger partial charge in [0.2, 0.25) is 0 Å². The maximum atomic E-state index is 6.00. The molecule has 2 N–H and O–H groups in total. The van der Waals surface area contributed by atoms with Gasteiger partial charge in [-0.3, -0.25) is 0 Å². The summed E-state index contributed by atoms with van der Waals surface area (Å²) < 4.78 is 0. The SMILES string of the molecule is C[C@H](N)C(C)(C)C1CCCCC1. The van der Waals surface area contributed by atoms with Gasteiger partial charge >= 0.3 is 0 Å². The Morgan fingerprint density at radius 3 is 2.08 bits per heavy atom. The molecule has 12 heavy (non-hydrogen) atoms. The molecule has 0 radical (unpaired) electrons. The summed E-state index contributed by atoms with van der Waals surface area (Å²) >= 11 is 0. The van der Waals surface area contributed by atoms with Crippen molar-refractivity contribution in [2.75, 3.05) is 0 Å². The minimum Gasteiger partial charge on any atom is -0.327 e. The van der Waals surface area contributed by atoms with Gasteiger partial charge in [-0.15, -0.1) is 0 Å². The van der Waals surface area contributed by atoms with E-state index in [-0.39, 0.29) is 0 Å². The zero-order chi connectivity index (χ0) is 9.19. The van der Waals surface area contributed by atoms with Gasteiger partial charge in [-0.25, -0.2) is 0 Å². The van der Waals surface area contributed by atoms with Gasteiger partial charge in [0.05, 0.1) is 0 Å². The highest BCUT2D eigenvalue weighted by atomic mass is 14.7. The Morgan fingerprint density at radius 2 is 1.67 bits per heavy atom. The fourth-order valence-electron chi connectivity index (χ4n) is 2.22. The molecule has 1 heteroatoms. The topological polar surface area (TPSA) is 26.0 Å². The highest BCUT2D eigenvalue weighted by Crippen LogP contribution is 2.39. The molecular formula is C11H23N. The lowest BCUT2D eigenvalue weighted by atomic mass is 9.68. The molecule has 0 saturated heterocycles. The third-order valence-electron chi connectivity index (χ3n) is 3.83. The Balaban J connectivity index is 2.53. The summed E-state index contributed by atoms with van der Waals surface area (Å²) in [6, 6.07) is 0.334. The first-order valence-corrected chi connectivity index (χ1v) is 5.30. The number of nitrogens with two attached hydrogens (primary N) is 1. The lowest BCUT2D eigenvalue weighted by molar-refractivity contribution is 0.131. The predicted octanol–water partition coefficient (Wildman–Crippen LogP) is 2.94. The highest BCUT2D eigenvalue weighted by molar-refractivity contribution is 4.86. The second-order valence-corrected chi connectivity index (χ2v) is 4.94. The zero-order valence-corrected chi connectivity index (χ0v) is 8.77. The average molecular weight is 169 g/mol. The molecule has 0 aliphatic heterocycles. The predicted molar refractivity (Wildman–Crippen MR) is 54.0 cm³/mol. The molecule has 1 aliphatic rings. The summed E-state index contributed by atoms with van der Waals surface area (Å²) in [6.07, 6.45) is 7.07. The number of hydrogen-bond acceptors (Lipinski definition) is 1. The summed E-state index contributed by atoms with van der Waals surface area (Å²) in [7, 11) is 0. The molecule has 1 atom stereocenters. The molecule has 1 fully saturated rings. The van der Waals surface area contributed by atoms with Crippen molar-refractivity contribution in [2.45, 2.75) is 58.9 Å². The summed E-state index contributed by atoms with van der Waals surface area (Å²) in [5, 5.41) is 0. The highest BCUT2D eigenvalue weighted by Gasteiger charge is 2.33. The second-order valence-electron chi connectivity index (χ2n) is 4.94. The quantitative estimate of drug-likeness (QED) is 0.675. The van der Waals surface area contributed by atoms with E-state index in [2.05, 4.69) is 20.8 Å². The maximum Gasteiger partial charge on any atom is 0.00643 e. The normalized spacial score (nSPS) is 24.0. The van der Waals surface area contributed by atoms with Crippen molar-refractivity contribution < 1.29 is 0 Å². The van der Waals surface area contributed by atoms with E-state index in [1.807, 2.05) is 0 Å². The van der Waals surface area contributed by atoms with Crippen LogP contribution in [-0.4, -0.2) is 6.04 Å². The van der Waals surface area contributed by atoms with E-state index in [1.165, 1.54) is 32.1 Å². The standard InChI is InChI=1S/C11H23N/c1-9(12)11(2,3)10-7-5-4-6-8-10/h9-10H,4-8,12H2,1-3H3/t9-/m0/s1. The van der Waals surface area contributed by atoms with Crippen molar-refractivity contribution in [3.8, 4) is 0 Å². The van der Waals surface area contributed by atoms with Crippen LogP contribution in [0.4, 0.5) is 0 Å². The van der Waals surface area contributed by atoms with Gasteiger partial charge in [-0.2, -0.15) is 0 Å². The van der Waals surface area contributed by atoms with Crippen LogP contribution in [-0.2, 0) is 0 Å². The average Bonchev–Trinajstić information content (AvgIpc) is 2.06. The monoisotopic (exact) mass is 169 g/mol. The second kappa shape index (κ2) is 3.78. The summed E-state index contributed by atoms with van der Waals surface area (Å²) in [4.78, 5) is 0. The maximum absolute atomic E-state index is 6.00. The van der Waals surface area contributed by atoms with Crippen molar-refractivity contribution >= 4 is 0 Å². The molecule has 0 aromatic rings. The van der Waals surface area contributed by atoms with Crippen molar-refractivity contribution in [3.05, 3.63) is 0 Å². The van der Waals surface area contributed by atoms with Gasteiger partial charge in [-0.05, 0) is 31.1 Å². The molecule has 1 aliphatic carbocycles. The van der Waals surface area contributed by atoms with Crippen LogP contribution < -0.4 is 5.73 Å². The lowest BCUT2D eigenvalue weighted by Gasteiger charge is -2.40. The van der Waals surface area contributed by atoms with E-state index in [0.29, 0.717) is 11.5 Å². The minimum absolute atomic E-state index is 0.334. The number of rotatable bonds is 2. The van der Waals surface area contributed by atoms with E-state index in [9.17, 15) is 0 Å². The van der Waals surface area contributed by atoms with E-state index in [1.54, 1.807) is 0 Å². The molecular weight excluding hydrogens is 146 g/mol. The smallest absolute Gasteiger partial charge is 0.00643 e. The molecule has 0 spiro atoms. The Labute approximate surface area is 76.7 Å². The van der Waals surface area contributed by atoms with Crippen LogP contribution in [0.1, 0.15) is 52.9 Å². The largest absolute Gasteiger partial charge is 0.327 e. The molecule has 0 aromatic heterocycles. The molecule has 1 nitrogen and oxygen atoms in total. The van der Waals surface area contributed by atoms with Crippen LogP contribution in [0.3, 0.4) is 0 Å². The molecule has 0 aromatic carbocycles. The van der Waals surface area contributed by atoms with E-state index < -0.39 is 0 Å². The van der Waals surface area contributed by atoms with E-state index in [4.69, 9.17) is 5.73 Å². The Hall–Kier alpha value is -0.0400. The Kier molecular flexibility index (Phi) is 3.16. The molecule has 1 saturated carbocycles. The summed E-state index contributed by atoms with van der Waals surface area (Å²) in [5.41, 5.74) is 6.35. The first-order chi connectivity index (χ1) is 5.55. The van der Waals surface area contributed by atoms with Crippen LogP contribution in [0.15, 0.2) is 0 Å². The third-order valence-corrected chi connectivity index (χ3v) is 3.83. The first-order valence-electron chi connectivity index (χ1n) is 5.30. The van der Waals surface area contributed by atoms with Gasteiger partial charge in [0, 0.05) is 6.04 Å². The Bertz CT molecular complexity index is 132. The van der Waals surface area contributed by atoms with Gasteiger partial charge in [0.15, 0.2) is 0 Å². The van der Waals surface area contributed by atoms with Crippen molar-refractivity contribution in [1.82, 2.24) is 0 Å². The summed E-state index contributed by atoms with van der Waals surface area (Å²) in [6.45, 7) is 6.80. The van der Waals surface area contributed by atoms with Crippen LogP contribution >= 0.6 is 0 Å². The fourth-order valence-corrected chi connectivity index (χ4v) is 2.22. The van der Waals surface area contributed by atoms with Gasteiger partial charge in [-0.1, -0.05) is 33.1 Å². The van der Waals surface area contributed by atoms with Crippen molar-refractivity contribution in [2.24, 2.45) is 17.1 Å². The lowest BCUT2D eigenvalue weighted by Crippen LogP contribution is -2.41. The first kappa shape index (κ1) is 10.0. The molecule has 1 rings (SSSR count). The van der Waals surface area contributed by atoms with E-state index >= 15 is 0 Å². The molecule has 0 amide bonds. The summed E-state index contributed by atoms with van der Waals surface area (Å²) in [5.74, 6) is 0.867. The van der Waals surface area contributed by atoms with Crippen LogP contribution in [0.25, 0.3) is 0 Å². The van der Waals surface area contributed by atoms with Crippen molar-refractivity contribution in [3.63, 3.8) is 0 Å². The minimum atomic E-state index is 0.334. The third kappa shape index (κ3) is 2.01. The molecule has 0 bridgehead atoms. The zero-order valence-electron chi connectivity index (χ0n) is 8.77. The van der Waals surface area contributed by atoms with Gasteiger partial charge in [0.1, 0.15) is 0 Å². The molecule has 0 unspecified atom stereocenters. The molecule has 72 valence electrons. The number of hydrogen-bond donors (Lipinski definition) is 1. The fraction of sp³-hybridized carbons (Fsp3) is 1.00. The van der Waals surface area contributed by atoms with E-state index in [0.717, 1.165) is 5.92 Å². The van der Waals surface area contributed by atoms with Crippen LogP contribution in [0, 0.1) is 11.3 Å². The van der Waals surface area contributed by atoms with Crippen molar-refractivity contribution in [1.29, 1.82) is 0 Å². The Morgan fingerprint density at radius 1 is 1.17 bits per heavy atom. The van der Waals surface area contributed by atoms with Crippen LogP contribution in [0.5, 0.6) is 0 Å². The van der Waals surface area contributed by atoms with Gasteiger partial charge in [0.25, 0.3) is 0 Å². The van der Waals surface area contributed by atoms with Gasteiger partial charge < -0.3 is 5.73 Å².